The monoisotopic (exact) mass is 294 g/mol. The lowest BCUT2D eigenvalue weighted by atomic mass is 10.1. The quantitative estimate of drug-likeness (QED) is 0.928. The number of hydrogen-bond acceptors (Lipinski definition) is 3. The fourth-order valence-electron chi connectivity index (χ4n) is 2.58. The normalized spacial score (nSPS) is 17.4. The number of nitrogens with one attached hydrogen (secondary N) is 1. The van der Waals surface area contributed by atoms with Crippen molar-refractivity contribution in [2.24, 2.45) is 0 Å². The van der Waals surface area contributed by atoms with Crippen LogP contribution in [-0.4, -0.2) is 29.8 Å². The van der Waals surface area contributed by atoms with Crippen LogP contribution in [0.5, 0.6) is 0 Å². The molecule has 1 fully saturated rings. The number of thiophene rings is 1. The molecule has 5 heteroatoms. The van der Waals surface area contributed by atoms with Crippen molar-refractivity contribution in [1.29, 1.82) is 0 Å². The molecule has 4 nitrogen and oxygen atoms in total. The van der Waals surface area contributed by atoms with Gasteiger partial charge in [-0.25, -0.2) is 0 Å². The zero-order valence-electron chi connectivity index (χ0n) is 11.9. The molecule has 1 aliphatic rings. The van der Waals surface area contributed by atoms with Crippen LogP contribution < -0.4 is 5.32 Å². The van der Waals surface area contributed by atoms with Crippen molar-refractivity contribution in [2.45, 2.75) is 45.1 Å². The molecule has 1 aromatic heterocycles. The van der Waals surface area contributed by atoms with Gasteiger partial charge in [-0.1, -0.05) is 18.9 Å². The van der Waals surface area contributed by atoms with Crippen molar-refractivity contribution in [2.75, 3.05) is 13.1 Å². The molecule has 1 N–H and O–H groups in total. The Bertz CT molecular complexity index is 437. The highest BCUT2D eigenvalue weighted by Gasteiger charge is 2.22. The highest BCUT2D eigenvalue weighted by molar-refractivity contribution is 7.10. The second kappa shape index (κ2) is 7.43. The van der Waals surface area contributed by atoms with Gasteiger partial charge in [0.15, 0.2) is 0 Å². The van der Waals surface area contributed by atoms with Crippen LogP contribution >= 0.6 is 11.3 Å². The summed E-state index contributed by atoms with van der Waals surface area (Å²) in [6.07, 6.45) is 4.97. The van der Waals surface area contributed by atoms with E-state index < -0.39 is 0 Å². The Balaban J connectivity index is 1.99. The minimum atomic E-state index is -0.191. The van der Waals surface area contributed by atoms with Crippen LogP contribution in [0.15, 0.2) is 17.5 Å². The molecule has 0 radical (unpaired) electrons. The summed E-state index contributed by atoms with van der Waals surface area (Å²) in [7, 11) is 0. The number of rotatable bonds is 4. The molecular formula is C15H22N2O2S. The van der Waals surface area contributed by atoms with Gasteiger partial charge in [-0.2, -0.15) is 0 Å². The third-order valence-electron chi connectivity index (χ3n) is 3.60. The summed E-state index contributed by atoms with van der Waals surface area (Å²) in [6, 6.07) is 3.73. The lowest BCUT2D eigenvalue weighted by Crippen LogP contribution is -2.36. The van der Waals surface area contributed by atoms with E-state index in [1.165, 1.54) is 19.8 Å². The lowest BCUT2D eigenvalue weighted by molar-refractivity contribution is -0.132. The van der Waals surface area contributed by atoms with Crippen molar-refractivity contribution in [1.82, 2.24) is 10.2 Å². The molecule has 0 bridgehead atoms. The Morgan fingerprint density at radius 1 is 1.30 bits per heavy atom. The molecule has 0 saturated carbocycles. The predicted octanol–water partition coefficient (Wildman–Crippen LogP) is 2.72. The SMILES string of the molecule is CC(=O)NC(CC(=O)N1CCCCCC1)c1cccs1. The first-order chi connectivity index (χ1) is 9.66. The number of likely N-dealkylation sites (tertiary alicyclic amines) is 1. The Hall–Kier alpha value is -1.36. The van der Waals surface area contributed by atoms with Gasteiger partial charge in [0.05, 0.1) is 12.5 Å². The summed E-state index contributed by atoms with van der Waals surface area (Å²) in [5, 5.41) is 4.86. The van der Waals surface area contributed by atoms with Crippen LogP contribution in [0.1, 0.15) is 49.9 Å². The Kier molecular flexibility index (Phi) is 5.59. The highest BCUT2D eigenvalue weighted by Crippen LogP contribution is 2.23. The summed E-state index contributed by atoms with van der Waals surface area (Å²) < 4.78 is 0. The summed E-state index contributed by atoms with van der Waals surface area (Å²) in [6.45, 7) is 3.21. The Morgan fingerprint density at radius 2 is 2.00 bits per heavy atom. The molecule has 1 aromatic rings. The van der Waals surface area contributed by atoms with E-state index in [0.29, 0.717) is 6.42 Å². The molecule has 2 heterocycles. The largest absolute Gasteiger partial charge is 0.348 e. The van der Waals surface area contributed by atoms with Gasteiger partial charge >= 0.3 is 0 Å². The van der Waals surface area contributed by atoms with Gasteiger partial charge in [0, 0.05) is 24.9 Å². The average molecular weight is 294 g/mol. The molecule has 1 aliphatic heterocycles. The van der Waals surface area contributed by atoms with Crippen molar-refractivity contribution in [3.63, 3.8) is 0 Å². The minimum absolute atomic E-state index is 0.0907. The molecule has 2 amide bonds. The first-order valence-corrected chi connectivity index (χ1v) is 8.13. The summed E-state index contributed by atoms with van der Waals surface area (Å²) in [5.41, 5.74) is 0. The molecule has 0 aromatic carbocycles. The summed E-state index contributed by atoms with van der Waals surface area (Å²) in [5.74, 6) is 0.0612. The smallest absolute Gasteiger partial charge is 0.225 e. The second-order valence-corrected chi connectivity index (χ2v) is 6.25. The number of carbonyl (C=O) groups is 2. The van der Waals surface area contributed by atoms with Crippen molar-refractivity contribution < 1.29 is 9.59 Å². The third kappa shape index (κ3) is 4.34. The van der Waals surface area contributed by atoms with Crippen LogP contribution in [0.2, 0.25) is 0 Å². The van der Waals surface area contributed by atoms with Crippen LogP contribution in [0.4, 0.5) is 0 Å². The van der Waals surface area contributed by atoms with Crippen molar-refractivity contribution in [3.05, 3.63) is 22.4 Å². The summed E-state index contributed by atoms with van der Waals surface area (Å²) in [4.78, 5) is 26.7. The third-order valence-corrected chi connectivity index (χ3v) is 4.59. The topological polar surface area (TPSA) is 49.4 Å². The number of carbonyl (C=O) groups excluding carboxylic acids is 2. The van der Waals surface area contributed by atoms with Crippen molar-refractivity contribution >= 4 is 23.2 Å². The maximum atomic E-state index is 12.4. The van der Waals surface area contributed by atoms with Gasteiger partial charge in [0.2, 0.25) is 11.8 Å². The van der Waals surface area contributed by atoms with Crippen LogP contribution in [0, 0.1) is 0 Å². The van der Waals surface area contributed by atoms with Crippen molar-refractivity contribution in [3.8, 4) is 0 Å². The van der Waals surface area contributed by atoms with E-state index in [1.54, 1.807) is 11.3 Å². The first-order valence-electron chi connectivity index (χ1n) is 7.25. The van der Waals surface area contributed by atoms with Gasteiger partial charge in [-0.15, -0.1) is 11.3 Å². The van der Waals surface area contributed by atoms with Crippen LogP contribution in [-0.2, 0) is 9.59 Å². The van der Waals surface area contributed by atoms with Crippen LogP contribution in [0.3, 0.4) is 0 Å². The zero-order valence-corrected chi connectivity index (χ0v) is 12.7. The van der Waals surface area contributed by atoms with E-state index in [9.17, 15) is 9.59 Å². The van der Waals surface area contributed by atoms with E-state index >= 15 is 0 Å². The molecule has 20 heavy (non-hydrogen) atoms. The van der Waals surface area contributed by atoms with E-state index in [2.05, 4.69) is 5.32 Å². The number of hydrogen-bond donors (Lipinski definition) is 1. The fraction of sp³-hybridized carbons (Fsp3) is 0.600. The molecule has 110 valence electrons. The molecule has 1 saturated heterocycles. The van der Waals surface area contributed by atoms with E-state index in [4.69, 9.17) is 0 Å². The number of amides is 2. The average Bonchev–Trinajstić information content (AvgIpc) is 2.79. The minimum Gasteiger partial charge on any atom is -0.348 e. The maximum absolute atomic E-state index is 12.4. The molecular weight excluding hydrogens is 272 g/mol. The molecule has 0 aliphatic carbocycles. The van der Waals surface area contributed by atoms with Gasteiger partial charge in [-0.05, 0) is 24.3 Å². The molecule has 2 rings (SSSR count). The Labute approximate surface area is 124 Å². The summed E-state index contributed by atoms with van der Waals surface area (Å²) >= 11 is 1.58. The highest BCUT2D eigenvalue weighted by atomic mass is 32.1. The maximum Gasteiger partial charge on any atom is 0.225 e. The Morgan fingerprint density at radius 3 is 2.55 bits per heavy atom. The fourth-order valence-corrected chi connectivity index (χ4v) is 3.36. The zero-order chi connectivity index (χ0) is 14.4. The molecule has 1 unspecified atom stereocenters. The lowest BCUT2D eigenvalue weighted by Gasteiger charge is -2.23. The molecule has 1 atom stereocenters. The van der Waals surface area contributed by atoms with Gasteiger partial charge in [-0.3, -0.25) is 9.59 Å². The van der Waals surface area contributed by atoms with Gasteiger partial charge in [0.1, 0.15) is 0 Å². The number of nitrogens with zero attached hydrogens (tertiary/aromatic N) is 1. The first kappa shape index (κ1) is 15.0. The van der Waals surface area contributed by atoms with Gasteiger partial charge in [0.25, 0.3) is 0 Å². The molecule has 0 spiro atoms. The van der Waals surface area contributed by atoms with E-state index in [1.807, 2.05) is 22.4 Å². The van der Waals surface area contributed by atoms with Crippen LogP contribution in [0.25, 0.3) is 0 Å². The van der Waals surface area contributed by atoms with E-state index in [0.717, 1.165) is 30.8 Å². The second-order valence-electron chi connectivity index (χ2n) is 5.27. The van der Waals surface area contributed by atoms with E-state index in [-0.39, 0.29) is 17.9 Å². The predicted molar refractivity (Wildman–Crippen MR) is 80.5 cm³/mol. The standard InChI is InChI=1S/C15H22N2O2S/c1-12(18)16-13(14-7-6-10-20-14)11-15(19)17-8-4-2-3-5-9-17/h6-7,10,13H,2-5,8-9,11H2,1H3,(H,16,18). The van der Waals surface area contributed by atoms with Gasteiger partial charge < -0.3 is 10.2 Å².